The summed E-state index contributed by atoms with van der Waals surface area (Å²) >= 11 is 4.87. The maximum absolute atomic E-state index is 12.3. The average Bonchev–Trinajstić information content (AvgIpc) is 3.29. The molecule has 0 aliphatic carbocycles. The Balaban J connectivity index is 1.53. The van der Waals surface area contributed by atoms with Crippen LogP contribution < -0.4 is 4.90 Å². The van der Waals surface area contributed by atoms with Gasteiger partial charge in [0.15, 0.2) is 9.47 Å². The highest BCUT2D eigenvalue weighted by atomic mass is 32.2. The van der Waals surface area contributed by atoms with Crippen molar-refractivity contribution in [2.24, 2.45) is 0 Å². The molecule has 2 aromatic carbocycles. The van der Waals surface area contributed by atoms with Crippen LogP contribution in [-0.4, -0.2) is 15.9 Å². The maximum Gasteiger partial charge on any atom is 0.230 e. The Labute approximate surface area is 176 Å². The Bertz CT molecular complexity index is 1120. The number of carbonyl (C=O) groups is 1. The molecule has 2 heterocycles. The van der Waals surface area contributed by atoms with Crippen molar-refractivity contribution in [3.63, 3.8) is 0 Å². The molecule has 142 valence electrons. The fraction of sp³-hybridized carbons (Fsp3) is 0.190. The number of thiazole rings is 2. The maximum atomic E-state index is 12.3. The van der Waals surface area contributed by atoms with Crippen molar-refractivity contribution in [3.8, 4) is 0 Å². The number of thioether (sulfide) groups is 1. The van der Waals surface area contributed by atoms with Gasteiger partial charge in [-0.05, 0) is 49.2 Å². The first-order valence-electron chi connectivity index (χ1n) is 8.82. The molecule has 0 fully saturated rings. The van der Waals surface area contributed by atoms with E-state index in [1.165, 1.54) is 21.6 Å². The van der Waals surface area contributed by atoms with Gasteiger partial charge < -0.3 is 0 Å². The molecule has 2 aromatic heterocycles. The van der Waals surface area contributed by atoms with Crippen molar-refractivity contribution in [1.29, 1.82) is 0 Å². The lowest BCUT2D eigenvalue weighted by atomic mass is 10.1. The molecule has 0 bridgehead atoms. The number of hydrogen-bond donors (Lipinski definition) is 0. The van der Waals surface area contributed by atoms with Crippen LogP contribution in [0.15, 0.2) is 52.2 Å². The first kappa shape index (κ1) is 19.1. The van der Waals surface area contributed by atoms with E-state index in [0.29, 0.717) is 5.13 Å². The topological polar surface area (TPSA) is 46.1 Å². The molecule has 0 saturated heterocycles. The van der Waals surface area contributed by atoms with Crippen molar-refractivity contribution in [2.45, 2.75) is 30.9 Å². The standard InChI is InChI=1S/C21H19N3OS3/c1-13-8-9-17(10-14(13)2)24(15(3)25)20-22-16(11-26-20)12-27-21-23-18-6-4-5-7-19(18)28-21/h4-11H,12H2,1-3H3. The predicted octanol–water partition coefficient (Wildman–Crippen LogP) is 6.35. The fourth-order valence-electron chi connectivity index (χ4n) is 2.81. The summed E-state index contributed by atoms with van der Waals surface area (Å²) in [4.78, 5) is 23.4. The normalized spacial score (nSPS) is 11.1. The Morgan fingerprint density at radius 3 is 2.68 bits per heavy atom. The summed E-state index contributed by atoms with van der Waals surface area (Å²) in [6, 6.07) is 14.2. The van der Waals surface area contributed by atoms with E-state index in [-0.39, 0.29) is 5.91 Å². The van der Waals surface area contributed by atoms with Crippen molar-refractivity contribution < 1.29 is 4.79 Å². The lowest BCUT2D eigenvalue weighted by molar-refractivity contribution is -0.115. The highest BCUT2D eigenvalue weighted by molar-refractivity contribution is 8.00. The molecule has 0 atom stereocenters. The average molecular weight is 426 g/mol. The summed E-state index contributed by atoms with van der Waals surface area (Å²) in [6.45, 7) is 5.70. The van der Waals surface area contributed by atoms with Gasteiger partial charge in [-0.1, -0.05) is 30.0 Å². The van der Waals surface area contributed by atoms with E-state index < -0.39 is 0 Å². The van der Waals surface area contributed by atoms with Gasteiger partial charge in [-0.15, -0.1) is 22.7 Å². The quantitative estimate of drug-likeness (QED) is 0.350. The van der Waals surface area contributed by atoms with E-state index in [9.17, 15) is 4.79 Å². The third kappa shape index (κ3) is 3.97. The number of carbonyl (C=O) groups excluding carboxylic acids is 1. The largest absolute Gasteiger partial charge is 0.274 e. The third-order valence-electron chi connectivity index (χ3n) is 4.41. The Hall–Kier alpha value is -2.22. The lowest BCUT2D eigenvalue weighted by Crippen LogP contribution is -2.22. The number of rotatable bonds is 5. The number of fused-ring (bicyclic) bond motifs is 1. The van der Waals surface area contributed by atoms with E-state index in [2.05, 4.69) is 24.9 Å². The minimum Gasteiger partial charge on any atom is -0.274 e. The van der Waals surface area contributed by atoms with Crippen LogP contribution in [0.4, 0.5) is 10.8 Å². The second kappa shape index (κ2) is 8.03. The number of benzene rings is 2. The SMILES string of the molecule is CC(=O)N(c1ccc(C)c(C)c1)c1nc(CSc2nc3ccccc3s2)cs1. The van der Waals surface area contributed by atoms with Gasteiger partial charge in [0, 0.05) is 18.1 Å². The van der Waals surface area contributed by atoms with Crippen LogP contribution in [0, 0.1) is 13.8 Å². The molecule has 4 rings (SSSR count). The lowest BCUT2D eigenvalue weighted by Gasteiger charge is -2.19. The number of nitrogens with zero attached hydrogens (tertiary/aromatic N) is 3. The van der Waals surface area contributed by atoms with Crippen LogP contribution in [0.1, 0.15) is 23.7 Å². The summed E-state index contributed by atoms with van der Waals surface area (Å²) in [7, 11) is 0. The molecule has 4 aromatic rings. The van der Waals surface area contributed by atoms with E-state index in [4.69, 9.17) is 4.98 Å². The molecule has 0 aliphatic rings. The molecular formula is C21H19N3OS3. The van der Waals surface area contributed by atoms with E-state index in [1.807, 2.05) is 41.8 Å². The minimum absolute atomic E-state index is 0.0389. The van der Waals surface area contributed by atoms with Crippen molar-refractivity contribution >= 4 is 61.4 Å². The molecule has 4 nitrogen and oxygen atoms in total. The summed E-state index contributed by atoms with van der Waals surface area (Å²) < 4.78 is 2.23. The number of hydrogen-bond acceptors (Lipinski definition) is 6. The fourth-order valence-corrected chi connectivity index (χ4v) is 5.76. The number of para-hydroxylation sites is 1. The predicted molar refractivity (Wildman–Crippen MR) is 120 cm³/mol. The second-order valence-corrected chi connectivity index (χ2v) is 9.57. The van der Waals surface area contributed by atoms with Crippen molar-refractivity contribution in [3.05, 3.63) is 64.7 Å². The first-order chi connectivity index (χ1) is 13.5. The molecular weight excluding hydrogens is 406 g/mol. The van der Waals surface area contributed by atoms with Crippen LogP contribution >= 0.6 is 34.4 Å². The number of aromatic nitrogens is 2. The third-order valence-corrected chi connectivity index (χ3v) is 7.50. The van der Waals surface area contributed by atoms with Gasteiger partial charge in [0.2, 0.25) is 5.91 Å². The highest BCUT2D eigenvalue weighted by Crippen LogP contribution is 2.34. The Kier molecular flexibility index (Phi) is 5.48. The van der Waals surface area contributed by atoms with Crippen LogP contribution in [0.2, 0.25) is 0 Å². The molecule has 1 amide bonds. The smallest absolute Gasteiger partial charge is 0.230 e. The van der Waals surface area contributed by atoms with Gasteiger partial charge in [-0.3, -0.25) is 9.69 Å². The van der Waals surface area contributed by atoms with Gasteiger partial charge in [-0.25, -0.2) is 9.97 Å². The molecule has 28 heavy (non-hydrogen) atoms. The van der Waals surface area contributed by atoms with Gasteiger partial charge >= 0.3 is 0 Å². The van der Waals surface area contributed by atoms with Gasteiger partial charge in [0.1, 0.15) is 0 Å². The molecule has 0 aliphatic heterocycles. The van der Waals surface area contributed by atoms with Crippen LogP contribution in [0.5, 0.6) is 0 Å². The van der Waals surface area contributed by atoms with E-state index in [0.717, 1.165) is 32.6 Å². The molecule has 0 saturated carbocycles. The van der Waals surface area contributed by atoms with Gasteiger partial charge in [0.25, 0.3) is 0 Å². The van der Waals surface area contributed by atoms with Crippen LogP contribution in [0.3, 0.4) is 0 Å². The van der Waals surface area contributed by atoms with Crippen LogP contribution in [-0.2, 0) is 10.5 Å². The summed E-state index contributed by atoms with van der Waals surface area (Å²) in [5.74, 6) is 0.692. The molecule has 0 unspecified atom stereocenters. The first-order valence-corrected chi connectivity index (χ1v) is 11.5. The van der Waals surface area contributed by atoms with Crippen molar-refractivity contribution in [2.75, 3.05) is 4.90 Å². The molecule has 7 heteroatoms. The monoisotopic (exact) mass is 425 g/mol. The zero-order valence-electron chi connectivity index (χ0n) is 15.8. The zero-order chi connectivity index (χ0) is 19.7. The summed E-state index contributed by atoms with van der Waals surface area (Å²) in [6.07, 6.45) is 0. The second-order valence-electron chi connectivity index (χ2n) is 6.48. The summed E-state index contributed by atoms with van der Waals surface area (Å²) in [5, 5.41) is 2.72. The highest BCUT2D eigenvalue weighted by Gasteiger charge is 2.18. The van der Waals surface area contributed by atoms with Gasteiger partial charge in [0.05, 0.1) is 21.6 Å². The van der Waals surface area contributed by atoms with Crippen LogP contribution in [0.25, 0.3) is 10.2 Å². The van der Waals surface area contributed by atoms with Gasteiger partial charge in [-0.2, -0.15) is 0 Å². The van der Waals surface area contributed by atoms with E-state index in [1.54, 1.807) is 34.9 Å². The Morgan fingerprint density at radius 2 is 1.93 bits per heavy atom. The number of aryl methyl sites for hydroxylation is 2. The zero-order valence-corrected chi connectivity index (χ0v) is 18.3. The molecule has 0 spiro atoms. The minimum atomic E-state index is -0.0389. The van der Waals surface area contributed by atoms with E-state index >= 15 is 0 Å². The molecule has 0 N–H and O–H groups in total. The molecule has 0 radical (unpaired) electrons. The number of anilines is 2. The van der Waals surface area contributed by atoms with Crippen molar-refractivity contribution in [1.82, 2.24) is 9.97 Å². The number of amides is 1. The summed E-state index contributed by atoms with van der Waals surface area (Å²) in [5.41, 5.74) is 5.22. The Morgan fingerprint density at radius 1 is 1.11 bits per heavy atom.